The summed E-state index contributed by atoms with van der Waals surface area (Å²) in [6.07, 6.45) is 0. The van der Waals surface area contributed by atoms with Gasteiger partial charge >= 0.3 is 0 Å². The van der Waals surface area contributed by atoms with Gasteiger partial charge in [-0.25, -0.2) is 4.98 Å². The average molecular weight is 273 g/mol. The Kier molecular flexibility index (Phi) is 4.08. The molecule has 0 fully saturated rings. The fraction of sp³-hybridized carbons (Fsp3) is 0.333. The number of carbonyl (C=O) groups excluding carboxylic acids is 1. The summed E-state index contributed by atoms with van der Waals surface area (Å²) in [4.78, 5) is 16.4. The monoisotopic (exact) mass is 273 g/mol. The van der Waals surface area contributed by atoms with Crippen LogP contribution in [-0.4, -0.2) is 17.9 Å². The first-order valence-corrected chi connectivity index (χ1v) is 6.54. The molecule has 0 aromatic carbocycles. The molecule has 0 saturated heterocycles. The van der Waals surface area contributed by atoms with Crippen LogP contribution in [0.4, 0.5) is 5.82 Å². The van der Waals surface area contributed by atoms with Crippen molar-refractivity contribution in [3.8, 4) is 0 Å². The molecule has 0 saturated carbocycles. The number of nitrogens with zero attached hydrogens (tertiary/aromatic N) is 1. The summed E-state index contributed by atoms with van der Waals surface area (Å²) in [5.41, 5.74) is 1.38. The van der Waals surface area contributed by atoms with Crippen molar-refractivity contribution in [2.24, 2.45) is 0 Å². The van der Waals surface area contributed by atoms with Crippen molar-refractivity contribution in [2.75, 3.05) is 12.4 Å². The van der Waals surface area contributed by atoms with Crippen LogP contribution in [-0.2, 0) is 0 Å². The zero-order valence-electron chi connectivity index (χ0n) is 12.2. The van der Waals surface area contributed by atoms with E-state index in [0.29, 0.717) is 11.5 Å². The highest BCUT2D eigenvalue weighted by Gasteiger charge is 2.16. The number of rotatable bonds is 4. The van der Waals surface area contributed by atoms with Gasteiger partial charge in [0.15, 0.2) is 0 Å². The van der Waals surface area contributed by atoms with Gasteiger partial charge in [0, 0.05) is 12.6 Å². The molecule has 2 rings (SSSR count). The van der Waals surface area contributed by atoms with E-state index in [1.165, 1.54) is 0 Å². The summed E-state index contributed by atoms with van der Waals surface area (Å²) in [7, 11) is 1.77. The maximum Gasteiger partial charge on any atom is 0.270 e. The highest BCUT2D eigenvalue weighted by molar-refractivity contribution is 5.92. The maximum absolute atomic E-state index is 12.2. The Morgan fingerprint density at radius 3 is 2.70 bits per heavy atom. The van der Waals surface area contributed by atoms with Gasteiger partial charge in [-0.15, -0.1) is 0 Å². The lowest BCUT2D eigenvalue weighted by molar-refractivity contribution is 0.0935. The van der Waals surface area contributed by atoms with Gasteiger partial charge in [0.2, 0.25) is 0 Å². The number of nitrogens with one attached hydrogen (secondary N) is 2. The normalized spacial score (nSPS) is 12.0. The molecule has 20 heavy (non-hydrogen) atoms. The molecule has 0 aliphatic rings. The van der Waals surface area contributed by atoms with Crippen LogP contribution in [0, 0.1) is 13.8 Å². The first-order valence-electron chi connectivity index (χ1n) is 6.54. The maximum atomic E-state index is 12.2. The number of amides is 1. The van der Waals surface area contributed by atoms with Gasteiger partial charge in [-0.2, -0.15) is 0 Å². The minimum atomic E-state index is -0.201. The van der Waals surface area contributed by atoms with Gasteiger partial charge in [-0.05, 0) is 39.0 Å². The molecule has 1 unspecified atom stereocenters. The topological polar surface area (TPSA) is 67.2 Å². The molecule has 2 N–H and O–H groups in total. The third-order valence-electron chi connectivity index (χ3n) is 3.13. The summed E-state index contributed by atoms with van der Waals surface area (Å²) in [5, 5.41) is 5.84. The summed E-state index contributed by atoms with van der Waals surface area (Å²) in [6, 6.07) is 7.11. The van der Waals surface area contributed by atoms with E-state index in [9.17, 15) is 4.79 Å². The Hall–Kier alpha value is -2.30. The number of anilines is 1. The van der Waals surface area contributed by atoms with E-state index >= 15 is 0 Å². The molecule has 0 spiro atoms. The summed E-state index contributed by atoms with van der Waals surface area (Å²) < 4.78 is 5.48. The molecule has 0 bridgehead atoms. The lowest BCUT2D eigenvalue weighted by Crippen LogP contribution is -2.27. The molecule has 2 heterocycles. The zero-order chi connectivity index (χ0) is 14.7. The predicted octanol–water partition coefficient (Wildman–Crippen LogP) is 2.82. The van der Waals surface area contributed by atoms with Crippen LogP contribution in [0.3, 0.4) is 0 Å². The number of furan rings is 1. The molecule has 0 aliphatic carbocycles. The molecule has 2 aromatic heterocycles. The van der Waals surface area contributed by atoms with Crippen molar-refractivity contribution in [3.05, 3.63) is 47.0 Å². The molecule has 5 nitrogen and oxygen atoms in total. The van der Waals surface area contributed by atoms with Crippen LogP contribution in [0.25, 0.3) is 0 Å². The van der Waals surface area contributed by atoms with E-state index in [2.05, 4.69) is 15.6 Å². The standard InChI is InChI=1S/C15H19N3O2/c1-9-8-12(11(3)20-9)10(2)17-15(19)13-6-5-7-14(16-4)18-13/h5-8,10H,1-4H3,(H,16,18)(H,17,19). The Morgan fingerprint density at radius 1 is 1.35 bits per heavy atom. The summed E-state index contributed by atoms with van der Waals surface area (Å²) >= 11 is 0. The van der Waals surface area contributed by atoms with Gasteiger partial charge in [-0.1, -0.05) is 6.07 Å². The van der Waals surface area contributed by atoms with Crippen LogP contribution in [0.15, 0.2) is 28.7 Å². The van der Waals surface area contributed by atoms with Gasteiger partial charge in [0.05, 0.1) is 6.04 Å². The van der Waals surface area contributed by atoms with E-state index in [0.717, 1.165) is 17.1 Å². The molecular formula is C15H19N3O2. The number of pyridine rings is 1. The highest BCUT2D eigenvalue weighted by atomic mass is 16.3. The van der Waals surface area contributed by atoms with E-state index in [-0.39, 0.29) is 11.9 Å². The van der Waals surface area contributed by atoms with E-state index in [1.54, 1.807) is 19.2 Å². The van der Waals surface area contributed by atoms with Crippen LogP contribution >= 0.6 is 0 Å². The minimum Gasteiger partial charge on any atom is -0.466 e. The lowest BCUT2D eigenvalue weighted by atomic mass is 10.1. The molecule has 5 heteroatoms. The molecule has 0 radical (unpaired) electrons. The van der Waals surface area contributed by atoms with E-state index in [1.807, 2.05) is 32.9 Å². The second-order valence-corrected chi connectivity index (χ2v) is 4.72. The Morgan fingerprint density at radius 2 is 2.10 bits per heavy atom. The van der Waals surface area contributed by atoms with Crippen molar-refractivity contribution in [1.82, 2.24) is 10.3 Å². The van der Waals surface area contributed by atoms with E-state index in [4.69, 9.17) is 4.42 Å². The average Bonchev–Trinajstić information content (AvgIpc) is 2.77. The second kappa shape index (κ2) is 5.77. The molecular weight excluding hydrogens is 254 g/mol. The summed E-state index contributed by atoms with van der Waals surface area (Å²) in [5.74, 6) is 2.13. The number of carbonyl (C=O) groups is 1. The molecule has 0 aliphatic heterocycles. The van der Waals surface area contributed by atoms with Crippen LogP contribution < -0.4 is 10.6 Å². The first-order chi connectivity index (χ1) is 9.51. The lowest BCUT2D eigenvalue weighted by Gasteiger charge is -2.13. The van der Waals surface area contributed by atoms with Crippen molar-refractivity contribution < 1.29 is 9.21 Å². The van der Waals surface area contributed by atoms with Crippen LogP contribution in [0.2, 0.25) is 0 Å². The fourth-order valence-electron chi connectivity index (χ4n) is 2.13. The van der Waals surface area contributed by atoms with Crippen molar-refractivity contribution in [1.29, 1.82) is 0 Å². The fourth-order valence-corrected chi connectivity index (χ4v) is 2.13. The smallest absolute Gasteiger partial charge is 0.270 e. The van der Waals surface area contributed by atoms with Crippen LogP contribution in [0.5, 0.6) is 0 Å². The number of aryl methyl sites for hydroxylation is 2. The minimum absolute atomic E-state index is 0.125. The van der Waals surface area contributed by atoms with Gasteiger partial charge in [0.25, 0.3) is 5.91 Å². The number of hydrogen-bond acceptors (Lipinski definition) is 4. The highest BCUT2D eigenvalue weighted by Crippen LogP contribution is 2.21. The second-order valence-electron chi connectivity index (χ2n) is 4.72. The van der Waals surface area contributed by atoms with Gasteiger partial charge < -0.3 is 15.1 Å². The summed E-state index contributed by atoms with van der Waals surface area (Å²) in [6.45, 7) is 5.71. The number of aromatic nitrogens is 1. The third-order valence-corrected chi connectivity index (χ3v) is 3.13. The largest absolute Gasteiger partial charge is 0.466 e. The molecule has 2 aromatic rings. The Labute approximate surface area is 118 Å². The Bertz CT molecular complexity index is 619. The zero-order valence-corrected chi connectivity index (χ0v) is 12.2. The quantitative estimate of drug-likeness (QED) is 0.899. The van der Waals surface area contributed by atoms with Crippen molar-refractivity contribution in [3.63, 3.8) is 0 Å². The molecule has 106 valence electrons. The SMILES string of the molecule is CNc1cccc(C(=O)NC(C)c2cc(C)oc2C)n1. The third kappa shape index (κ3) is 2.99. The molecule has 1 atom stereocenters. The predicted molar refractivity (Wildman–Crippen MR) is 77.8 cm³/mol. The number of hydrogen-bond donors (Lipinski definition) is 2. The molecule has 1 amide bonds. The van der Waals surface area contributed by atoms with Crippen LogP contribution in [0.1, 0.15) is 40.5 Å². The van der Waals surface area contributed by atoms with E-state index < -0.39 is 0 Å². The van der Waals surface area contributed by atoms with Gasteiger partial charge in [0.1, 0.15) is 23.0 Å². The van der Waals surface area contributed by atoms with Crippen molar-refractivity contribution >= 4 is 11.7 Å². The first kappa shape index (κ1) is 14.1. The van der Waals surface area contributed by atoms with Gasteiger partial charge in [-0.3, -0.25) is 4.79 Å². The van der Waals surface area contributed by atoms with Crippen molar-refractivity contribution in [2.45, 2.75) is 26.8 Å². The Balaban J connectivity index is 2.12.